The molecule has 1 N–H and O–H groups in total. The molecule has 0 aliphatic rings. The molecule has 5 nitrogen and oxygen atoms in total. The fourth-order valence-corrected chi connectivity index (χ4v) is 3.49. The Morgan fingerprint density at radius 2 is 1.76 bits per heavy atom. The van der Waals surface area contributed by atoms with Crippen molar-refractivity contribution in [2.24, 2.45) is 0 Å². The van der Waals surface area contributed by atoms with Crippen LogP contribution in [0, 0.1) is 11.3 Å². The van der Waals surface area contributed by atoms with Crippen molar-refractivity contribution in [1.82, 2.24) is 9.78 Å². The van der Waals surface area contributed by atoms with Crippen LogP contribution in [0.2, 0.25) is 5.02 Å². The molecule has 4 rings (SSSR count). The van der Waals surface area contributed by atoms with Gasteiger partial charge in [0.15, 0.2) is 0 Å². The van der Waals surface area contributed by atoms with Gasteiger partial charge in [0.05, 0.1) is 11.4 Å². The summed E-state index contributed by atoms with van der Waals surface area (Å²) in [5, 5.41) is 17.8. The lowest BCUT2D eigenvalue weighted by Crippen LogP contribution is -2.13. The van der Waals surface area contributed by atoms with E-state index >= 15 is 0 Å². The average Bonchev–Trinajstić information content (AvgIpc) is 3.28. The summed E-state index contributed by atoms with van der Waals surface area (Å²) in [4.78, 5) is 12.8. The smallest absolute Gasteiger partial charge is 0.266 e. The maximum Gasteiger partial charge on any atom is 0.266 e. The van der Waals surface area contributed by atoms with Crippen LogP contribution in [0.3, 0.4) is 0 Å². The summed E-state index contributed by atoms with van der Waals surface area (Å²) in [6, 6.07) is 26.5. The highest BCUT2D eigenvalue weighted by molar-refractivity contribution is 6.30. The van der Waals surface area contributed by atoms with Gasteiger partial charge in [0, 0.05) is 28.0 Å². The molecule has 0 radical (unpaired) electrons. The van der Waals surface area contributed by atoms with Gasteiger partial charge in [-0.1, -0.05) is 61.0 Å². The number of amides is 1. The summed E-state index contributed by atoms with van der Waals surface area (Å²) >= 11 is 6.05. The molecule has 3 aromatic carbocycles. The normalized spacial score (nSPS) is 11.1. The molecule has 1 heterocycles. The van der Waals surface area contributed by atoms with Gasteiger partial charge in [0.1, 0.15) is 11.6 Å². The quantitative estimate of drug-likeness (QED) is 0.275. The second-order valence-electron chi connectivity index (χ2n) is 7.39. The van der Waals surface area contributed by atoms with Crippen LogP contribution < -0.4 is 5.32 Å². The number of para-hydroxylation sites is 1. The van der Waals surface area contributed by atoms with E-state index in [0.29, 0.717) is 22.0 Å². The third kappa shape index (κ3) is 5.20. The van der Waals surface area contributed by atoms with Gasteiger partial charge >= 0.3 is 0 Å². The molecule has 0 unspecified atom stereocenters. The van der Waals surface area contributed by atoms with Crippen molar-refractivity contribution in [3.05, 3.63) is 107 Å². The van der Waals surface area contributed by atoms with Gasteiger partial charge in [0.2, 0.25) is 0 Å². The largest absolute Gasteiger partial charge is 0.321 e. The Bertz CT molecular complexity index is 1330. The van der Waals surface area contributed by atoms with Crippen LogP contribution in [-0.4, -0.2) is 15.7 Å². The fourth-order valence-electron chi connectivity index (χ4n) is 3.36. The number of anilines is 1. The number of aromatic nitrogens is 2. The highest BCUT2D eigenvalue weighted by Gasteiger charge is 2.15. The standard InChI is InChI=1S/C27H21ClN4O/c1-2-19-8-14-24(15-9-19)30-27(33)21(17-29)16-22-18-32(25-6-4-3-5-7-25)31-26(22)20-10-12-23(28)13-11-20/h3-16,18H,2H2,1H3,(H,30,33)/b21-16+. The Morgan fingerprint density at radius 3 is 2.39 bits per heavy atom. The van der Waals surface area contributed by atoms with E-state index in [9.17, 15) is 10.1 Å². The summed E-state index contributed by atoms with van der Waals surface area (Å²) in [7, 11) is 0. The van der Waals surface area contributed by atoms with Crippen molar-refractivity contribution in [3.8, 4) is 23.0 Å². The minimum atomic E-state index is -0.476. The monoisotopic (exact) mass is 452 g/mol. The second kappa shape index (κ2) is 9.99. The number of halogens is 1. The predicted molar refractivity (Wildman–Crippen MR) is 132 cm³/mol. The number of aryl methyl sites for hydroxylation is 1. The summed E-state index contributed by atoms with van der Waals surface area (Å²) in [6.07, 6.45) is 4.28. The molecule has 0 spiro atoms. The minimum Gasteiger partial charge on any atom is -0.321 e. The lowest BCUT2D eigenvalue weighted by Gasteiger charge is -2.05. The molecule has 162 valence electrons. The SMILES string of the molecule is CCc1ccc(NC(=O)/C(C#N)=C/c2cn(-c3ccccc3)nc2-c2ccc(Cl)cc2)cc1. The Balaban J connectivity index is 1.71. The predicted octanol–water partition coefficient (Wildman–Crippen LogP) is 6.30. The molecule has 33 heavy (non-hydrogen) atoms. The van der Waals surface area contributed by atoms with Gasteiger partial charge in [-0.15, -0.1) is 0 Å². The Labute approximate surface area is 197 Å². The van der Waals surface area contributed by atoms with Gasteiger partial charge in [0.25, 0.3) is 5.91 Å². The van der Waals surface area contributed by atoms with Crippen LogP contribution in [0.5, 0.6) is 0 Å². The maximum atomic E-state index is 12.8. The zero-order valence-electron chi connectivity index (χ0n) is 18.0. The molecule has 0 aliphatic carbocycles. The lowest BCUT2D eigenvalue weighted by molar-refractivity contribution is -0.112. The van der Waals surface area contributed by atoms with Gasteiger partial charge in [-0.05, 0) is 54.5 Å². The molecule has 0 saturated heterocycles. The highest BCUT2D eigenvalue weighted by Crippen LogP contribution is 2.27. The molecule has 0 saturated carbocycles. The van der Waals surface area contributed by atoms with Gasteiger partial charge in [-0.3, -0.25) is 4.79 Å². The summed E-state index contributed by atoms with van der Waals surface area (Å²) in [5.41, 5.74) is 4.77. The van der Waals surface area contributed by atoms with Crippen molar-refractivity contribution in [2.45, 2.75) is 13.3 Å². The fraction of sp³-hybridized carbons (Fsp3) is 0.0741. The van der Waals surface area contributed by atoms with E-state index in [1.165, 1.54) is 5.56 Å². The van der Waals surface area contributed by atoms with E-state index in [-0.39, 0.29) is 5.57 Å². The number of carbonyl (C=O) groups is 1. The average molecular weight is 453 g/mol. The van der Waals surface area contributed by atoms with E-state index in [1.807, 2.05) is 72.8 Å². The zero-order chi connectivity index (χ0) is 23.2. The van der Waals surface area contributed by atoms with E-state index in [1.54, 1.807) is 29.1 Å². The first-order valence-corrected chi connectivity index (χ1v) is 10.9. The van der Waals surface area contributed by atoms with Gasteiger partial charge in [-0.25, -0.2) is 4.68 Å². The topological polar surface area (TPSA) is 70.7 Å². The summed E-state index contributed by atoms with van der Waals surface area (Å²) < 4.78 is 1.73. The van der Waals surface area contributed by atoms with Crippen molar-refractivity contribution in [3.63, 3.8) is 0 Å². The zero-order valence-corrected chi connectivity index (χ0v) is 18.8. The van der Waals surface area contributed by atoms with E-state index in [0.717, 1.165) is 17.7 Å². The minimum absolute atomic E-state index is 0.0163. The molecule has 0 bridgehead atoms. The Morgan fingerprint density at radius 1 is 1.06 bits per heavy atom. The van der Waals surface area contributed by atoms with E-state index in [4.69, 9.17) is 16.7 Å². The Hall–Kier alpha value is -4.14. The molecule has 4 aromatic rings. The molecule has 1 aromatic heterocycles. The molecule has 0 aliphatic heterocycles. The van der Waals surface area contributed by atoms with E-state index in [2.05, 4.69) is 12.2 Å². The number of hydrogen-bond acceptors (Lipinski definition) is 3. The lowest BCUT2D eigenvalue weighted by atomic mass is 10.1. The molecule has 1 amide bonds. The van der Waals surface area contributed by atoms with Gasteiger partial charge < -0.3 is 5.32 Å². The van der Waals surface area contributed by atoms with Crippen LogP contribution in [0.4, 0.5) is 5.69 Å². The van der Waals surface area contributed by atoms with Crippen LogP contribution >= 0.6 is 11.6 Å². The molecular weight excluding hydrogens is 432 g/mol. The van der Waals surface area contributed by atoms with Crippen LogP contribution in [-0.2, 0) is 11.2 Å². The van der Waals surface area contributed by atoms with Crippen molar-refractivity contribution >= 4 is 29.3 Å². The third-order valence-corrected chi connectivity index (χ3v) is 5.42. The second-order valence-corrected chi connectivity index (χ2v) is 7.83. The number of carbonyl (C=O) groups excluding carboxylic acids is 1. The maximum absolute atomic E-state index is 12.8. The number of rotatable bonds is 6. The van der Waals surface area contributed by atoms with Crippen molar-refractivity contribution in [1.29, 1.82) is 5.26 Å². The van der Waals surface area contributed by atoms with Crippen LogP contribution in [0.1, 0.15) is 18.1 Å². The van der Waals surface area contributed by atoms with E-state index < -0.39 is 5.91 Å². The first-order valence-electron chi connectivity index (χ1n) is 10.5. The number of benzene rings is 3. The van der Waals surface area contributed by atoms with Crippen molar-refractivity contribution < 1.29 is 4.79 Å². The molecule has 0 fully saturated rings. The van der Waals surface area contributed by atoms with Crippen LogP contribution in [0.15, 0.2) is 90.6 Å². The van der Waals surface area contributed by atoms with Crippen molar-refractivity contribution in [2.75, 3.05) is 5.32 Å². The van der Waals surface area contributed by atoms with Crippen LogP contribution in [0.25, 0.3) is 23.0 Å². The first kappa shape index (κ1) is 22.1. The molecule has 0 atom stereocenters. The van der Waals surface area contributed by atoms with Gasteiger partial charge in [-0.2, -0.15) is 10.4 Å². The number of nitrogens with one attached hydrogen (secondary N) is 1. The number of nitrogens with zero attached hydrogens (tertiary/aromatic N) is 3. The highest BCUT2D eigenvalue weighted by atomic mass is 35.5. The molecule has 6 heteroatoms. The Kier molecular flexibility index (Phi) is 6.68. The summed E-state index contributed by atoms with van der Waals surface area (Å²) in [5.74, 6) is -0.476. The number of nitriles is 1. The number of hydrogen-bond donors (Lipinski definition) is 1. The molecular formula is C27H21ClN4O. The summed E-state index contributed by atoms with van der Waals surface area (Å²) in [6.45, 7) is 2.07. The first-order chi connectivity index (χ1) is 16.1. The third-order valence-electron chi connectivity index (χ3n) is 5.17.